The number of amides is 2. The molecule has 35 heavy (non-hydrogen) atoms. The number of carbonyl (C=O) groups excluding carboxylic acids is 2. The fourth-order valence-corrected chi connectivity index (χ4v) is 5.98. The van der Waals surface area contributed by atoms with Gasteiger partial charge in [0.05, 0.1) is 12.2 Å². The van der Waals surface area contributed by atoms with Crippen molar-refractivity contribution in [2.24, 2.45) is 12.8 Å². The van der Waals surface area contributed by atoms with E-state index in [1.54, 1.807) is 20.2 Å². The number of carbonyl (C=O) groups is 3. The van der Waals surface area contributed by atoms with Gasteiger partial charge in [-0.2, -0.15) is 0 Å². The summed E-state index contributed by atoms with van der Waals surface area (Å²) in [6.07, 6.45) is 3.03. The second-order valence-corrected chi connectivity index (χ2v) is 10.2. The Morgan fingerprint density at radius 3 is 2.94 bits per heavy atom. The van der Waals surface area contributed by atoms with Crippen molar-refractivity contribution in [3.63, 3.8) is 0 Å². The molecule has 2 aliphatic heterocycles. The third-order valence-electron chi connectivity index (χ3n) is 5.46. The van der Waals surface area contributed by atoms with Gasteiger partial charge in [-0.25, -0.2) is 14.5 Å². The van der Waals surface area contributed by atoms with Gasteiger partial charge in [-0.3, -0.25) is 14.5 Å². The van der Waals surface area contributed by atoms with Gasteiger partial charge in [0, 0.05) is 30.8 Å². The molecule has 0 saturated carbocycles. The van der Waals surface area contributed by atoms with E-state index in [4.69, 9.17) is 5.73 Å². The number of aryl methyl sites for hydroxylation is 2. The van der Waals surface area contributed by atoms with E-state index in [2.05, 4.69) is 36.1 Å². The quantitative estimate of drug-likeness (QED) is 0.139. The van der Waals surface area contributed by atoms with Gasteiger partial charge in [0.1, 0.15) is 17.1 Å². The number of thioether (sulfide) groups is 2. The molecular weight excluding hydrogens is 496 g/mol. The Balaban J connectivity index is 1.33. The largest absolute Gasteiger partial charge is 0.477 e. The number of H-pyrrole nitrogens is 1. The minimum absolute atomic E-state index is 0.0217. The van der Waals surface area contributed by atoms with Crippen molar-refractivity contribution in [3.05, 3.63) is 23.2 Å². The highest BCUT2D eigenvalue weighted by atomic mass is 32.2. The summed E-state index contributed by atoms with van der Waals surface area (Å²) in [5, 5.41) is 27.1. The molecule has 0 radical (unpaired) electrons. The number of nitrogens with one attached hydrogen (secondary N) is 3. The van der Waals surface area contributed by atoms with Crippen LogP contribution in [0.4, 0.5) is 5.95 Å². The van der Waals surface area contributed by atoms with E-state index >= 15 is 0 Å². The number of aromatic amines is 1. The van der Waals surface area contributed by atoms with Gasteiger partial charge >= 0.3 is 5.97 Å². The second-order valence-electron chi connectivity index (χ2n) is 8.10. The topological polar surface area (TPSA) is 197 Å². The maximum Gasteiger partial charge on any atom is 0.352 e. The van der Waals surface area contributed by atoms with Crippen LogP contribution in [0, 0.1) is 0 Å². The SMILES string of the molecule is C[C@H](N)C(=O)NCCCc1cnc(NC2C(=O)N3C(C(=O)O)=C(CSc4nnnn4C)CS[C@@H]23)[nH]1. The van der Waals surface area contributed by atoms with E-state index in [1.807, 2.05) is 0 Å². The molecule has 0 aromatic carbocycles. The average Bonchev–Trinajstić information content (AvgIpc) is 3.46. The first-order valence-electron chi connectivity index (χ1n) is 10.8. The second kappa shape index (κ2) is 10.7. The Kier molecular flexibility index (Phi) is 7.61. The molecule has 1 unspecified atom stereocenters. The lowest BCUT2D eigenvalue weighted by atomic mass is 10.0. The van der Waals surface area contributed by atoms with Crippen molar-refractivity contribution >= 4 is 47.3 Å². The fraction of sp³-hybridized carbons (Fsp3) is 0.526. The molecule has 2 aromatic heterocycles. The predicted octanol–water partition coefficient (Wildman–Crippen LogP) is -0.844. The maximum atomic E-state index is 12.9. The number of nitrogens with two attached hydrogens (primary N) is 1. The minimum atomic E-state index is -1.13. The molecular formula is C19H26N10O4S2. The molecule has 2 aliphatic rings. The number of aliphatic carboxylic acids is 1. The summed E-state index contributed by atoms with van der Waals surface area (Å²) in [5.74, 6) is -0.372. The standard InChI is InChI=1S/C19H26N10O4S2/c1-9(20)14(30)21-5-3-4-11-6-22-18(23-11)24-12-15(31)29-13(17(32)33)10(7-34-16(12)29)8-35-19-25-26-27-28(19)2/h6,9,12,16H,3-5,7-8,20H2,1-2H3,(H,21,30)(H,32,33)(H2,22,23,24)/t9-,12?,16-/m0/s1. The number of carboxylic acids is 1. The molecule has 4 heterocycles. The Morgan fingerprint density at radius 1 is 1.46 bits per heavy atom. The van der Waals surface area contributed by atoms with Crippen molar-refractivity contribution in [1.82, 2.24) is 40.4 Å². The number of fused-ring (bicyclic) bond motifs is 1. The number of hydrogen-bond acceptors (Lipinski definition) is 11. The lowest BCUT2D eigenvalue weighted by molar-refractivity contribution is -0.147. The first kappa shape index (κ1) is 25.0. The molecule has 14 nitrogen and oxygen atoms in total. The van der Waals surface area contributed by atoms with Gasteiger partial charge < -0.3 is 26.5 Å². The zero-order valence-corrected chi connectivity index (χ0v) is 20.7. The van der Waals surface area contributed by atoms with E-state index < -0.39 is 18.1 Å². The summed E-state index contributed by atoms with van der Waals surface area (Å²) in [4.78, 5) is 45.2. The van der Waals surface area contributed by atoms with Crippen LogP contribution in [-0.4, -0.2) is 93.5 Å². The summed E-state index contributed by atoms with van der Waals surface area (Å²) in [7, 11) is 1.70. The van der Waals surface area contributed by atoms with Crippen LogP contribution in [-0.2, 0) is 27.9 Å². The maximum absolute atomic E-state index is 12.9. The van der Waals surface area contributed by atoms with Crippen molar-refractivity contribution in [2.45, 2.75) is 42.4 Å². The molecule has 2 aromatic rings. The van der Waals surface area contributed by atoms with Crippen LogP contribution in [0.2, 0.25) is 0 Å². The number of anilines is 1. The number of aromatic nitrogens is 6. The van der Waals surface area contributed by atoms with E-state index in [1.165, 1.54) is 33.1 Å². The van der Waals surface area contributed by atoms with Crippen molar-refractivity contribution < 1.29 is 19.5 Å². The summed E-state index contributed by atoms with van der Waals surface area (Å²) in [6, 6.07) is -1.13. The normalized spacial score (nSPS) is 20.3. The van der Waals surface area contributed by atoms with E-state index in [9.17, 15) is 19.5 Å². The first-order chi connectivity index (χ1) is 16.8. The smallest absolute Gasteiger partial charge is 0.352 e. The Bertz CT molecular complexity index is 1150. The number of carboxylic acid groups (broad SMARTS) is 1. The molecule has 0 bridgehead atoms. The van der Waals surface area contributed by atoms with E-state index in [0.717, 1.165) is 5.69 Å². The van der Waals surface area contributed by atoms with Gasteiger partial charge in [0.15, 0.2) is 0 Å². The third-order valence-corrected chi connectivity index (χ3v) is 7.90. The number of β-lactam (4-membered cyclic amide) rings is 1. The minimum Gasteiger partial charge on any atom is -0.477 e. The number of imidazole rings is 1. The predicted molar refractivity (Wildman–Crippen MR) is 128 cm³/mol. The molecule has 188 valence electrons. The summed E-state index contributed by atoms with van der Waals surface area (Å²) < 4.78 is 1.51. The molecule has 1 fully saturated rings. The van der Waals surface area contributed by atoms with Crippen molar-refractivity contribution in [1.29, 1.82) is 0 Å². The van der Waals surface area contributed by atoms with E-state index in [0.29, 0.717) is 47.6 Å². The van der Waals surface area contributed by atoms with Crippen LogP contribution < -0.4 is 16.4 Å². The number of nitrogens with zero attached hydrogens (tertiary/aromatic N) is 6. The van der Waals surface area contributed by atoms with Gasteiger partial charge in [-0.15, -0.1) is 16.9 Å². The highest BCUT2D eigenvalue weighted by Gasteiger charge is 2.53. The Labute approximate surface area is 208 Å². The van der Waals surface area contributed by atoms with Gasteiger partial charge in [0.2, 0.25) is 17.0 Å². The summed E-state index contributed by atoms with van der Waals surface area (Å²) >= 11 is 2.82. The van der Waals surface area contributed by atoms with E-state index in [-0.39, 0.29) is 22.9 Å². The Hall–Kier alpha value is -3.11. The van der Waals surface area contributed by atoms with Crippen LogP contribution in [0.1, 0.15) is 19.0 Å². The number of rotatable bonds is 11. The molecule has 0 aliphatic carbocycles. The van der Waals surface area contributed by atoms with Crippen molar-refractivity contribution in [3.8, 4) is 0 Å². The zero-order valence-electron chi connectivity index (χ0n) is 19.1. The summed E-state index contributed by atoms with van der Waals surface area (Å²) in [5.41, 5.74) is 7.04. The lowest BCUT2D eigenvalue weighted by Gasteiger charge is -2.49. The molecule has 16 heteroatoms. The van der Waals surface area contributed by atoms with Gasteiger partial charge in [-0.05, 0) is 35.8 Å². The van der Waals surface area contributed by atoms with Crippen LogP contribution in [0.25, 0.3) is 0 Å². The number of tetrazole rings is 1. The van der Waals surface area contributed by atoms with Crippen LogP contribution in [0.5, 0.6) is 0 Å². The molecule has 0 spiro atoms. The Morgan fingerprint density at radius 2 is 2.26 bits per heavy atom. The molecule has 6 N–H and O–H groups in total. The van der Waals surface area contributed by atoms with Gasteiger partial charge in [0.25, 0.3) is 5.91 Å². The molecule has 2 amide bonds. The van der Waals surface area contributed by atoms with Crippen molar-refractivity contribution in [2.75, 3.05) is 23.4 Å². The lowest BCUT2D eigenvalue weighted by Crippen LogP contribution is -2.67. The van der Waals surface area contributed by atoms with Gasteiger partial charge in [-0.1, -0.05) is 11.8 Å². The van der Waals surface area contributed by atoms with Crippen LogP contribution >= 0.6 is 23.5 Å². The average molecular weight is 523 g/mol. The van der Waals surface area contributed by atoms with Crippen LogP contribution in [0.15, 0.2) is 22.6 Å². The van der Waals surface area contributed by atoms with Crippen LogP contribution in [0.3, 0.4) is 0 Å². The monoisotopic (exact) mass is 522 g/mol. The fourth-order valence-electron chi connectivity index (χ4n) is 3.65. The highest BCUT2D eigenvalue weighted by molar-refractivity contribution is 8.01. The molecule has 3 atom stereocenters. The zero-order chi connectivity index (χ0) is 25.1. The molecule has 1 saturated heterocycles. The third kappa shape index (κ3) is 5.43. The summed E-state index contributed by atoms with van der Waals surface area (Å²) in [6.45, 7) is 2.12. The number of hydrogen-bond donors (Lipinski definition) is 5. The highest BCUT2D eigenvalue weighted by Crippen LogP contribution is 2.42. The molecule has 4 rings (SSSR count). The first-order valence-corrected chi connectivity index (χ1v) is 12.9.